The second-order valence-electron chi connectivity index (χ2n) is 21.6. The van der Waals surface area contributed by atoms with Gasteiger partial charge in [-0.15, -0.1) is 0 Å². The molecular formula is C62H71N3O8. The standard InChI is InChI=1S/C62H69N3O8.H2/c1-39(2)58(66)71-31-28-63-60(6,67)72-38-41-15-14-29-65(37-41)51-33-47-48(34-53(51)69-8)57-46(56-54(47)45-24-26-61(35-50(61)55(45)59(56,4)5)49-18-12-13-19-52(49)68-7)25-27-62(73-57,42-16-10-9-11-17-42)43-20-22-44(23-21-43)64-30-32-70-40(3)36-64;/h9-13,16-27,33-34,40-41,50,63,67H,1,14-15,28-32,35-38H2,2-8H3;1H. The van der Waals surface area contributed by atoms with Gasteiger partial charge in [0.05, 0.1) is 39.2 Å². The van der Waals surface area contributed by atoms with Crippen LogP contribution in [0.15, 0.2) is 127 Å². The molecule has 1 saturated carbocycles. The molecule has 0 bridgehead atoms. The molecular weight excluding hydrogens is 915 g/mol. The van der Waals surface area contributed by atoms with Crippen LogP contribution in [0.1, 0.15) is 88.7 Å². The second kappa shape index (κ2) is 18.8. The average molecular weight is 986 g/mol. The number of esters is 1. The Kier molecular flexibility index (Phi) is 12.6. The number of ether oxygens (including phenoxy) is 6. The summed E-state index contributed by atoms with van der Waals surface area (Å²) < 4.78 is 37.5. The highest BCUT2D eigenvalue weighted by Crippen LogP contribution is 2.71. The molecule has 2 N–H and O–H groups in total. The molecule has 3 aliphatic carbocycles. The molecule has 3 aliphatic heterocycles. The fourth-order valence-corrected chi connectivity index (χ4v) is 12.8. The van der Waals surface area contributed by atoms with Gasteiger partial charge in [-0.3, -0.25) is 5.32 Å². The van der Waals surface area contributed by atoms with Gasteiger partial charge in [0.25, 0.3) is 0 Å². The molecule has 6 atom stereocenters. The summed E-state index contributed by atoms with van der Waals surface area (Å²) in [6.07, 6.45) is 12.6. The average Bonchev–Trinajstić information content (AvgIpc) is 4.11. The van der Waals surface area contributed by atoms with Gasteiger partial charge < -0.3 is 43.3 Å². The number of carbonyl (C=O) groups excluding carboxylic acids is 1. The highest BCUT2D eigenvalue weighted by atomic mass is 16.6. The van der Waals surface area contributed by atoms with Crippen molar-refractivity contribution in [2.24, 2.45) is 11.8 Å². The van der Waals surface area contributed by atoms with Crippen LogP contribution in [0.4, 0.5) is 11.4 Å². The molecule has 0 radical (unpaired) electrons. The molecule has 0 amide bonds. The third-order valence-corrected chi connectivity index (χ3v) is 16.4. The predicted octanol–water partition coefficient (Wildman–Crippen LogP) is 10.9. The van der Waals surface area contributed by atoms with E-state index >= 15 is 0 Å². The van der Waals surface area contributed by atoms with E-state index in [4.69, 9.17) is 28.4 Å². The molecule has 0 aromatic heterocycles. The van der Waals surface area contributed by atoms with E-state index in [-0.39, 0.29) is 37.4 Å². The summed E-state index contributed by atoms with van der Waals surface area (Å²) >= 11 is 0. The number of benzene rings is 5. The number of methoxy groups -OCH3 is 2. The van der Waals surface area contributed by atoms with Crippen molar-refractivity contribution in [3.63, 3.8) is 0 Å². The number of nitrogens with zero attached hydrogens (tertiary/aromatic N) is 2. The molecule has 3 fully saturated rings. The number of piperidine rings is 1. The number of rotatable bonds is 15. The van der Waals surface area contributed by atoms with Gasteiger partial charge in [0.15, 0.2) is 5.60 Å². The molecule has 382 valence electrons. The van der Waals surface area contributed by atoms with Crippen LogP contribution in [0.25, 0.3) is 22.4 Å². The number of para-hydroxylation sites is 1. The molecule has 11 rings (SSSR count). The lowest BCUT2D eigenvalue weighted by molar-refractivity contribution is -0.219. The highest BCUT2D eigenvalue weighted by molar-refractivity contribution is 6.10. The third-order valence-electron chi connectivity index (χ3n) is 16.4. The van der Waals surface area contributed by atoms with E-state index in [0.717, 1.165) is 89.3 Å². The first-order valence-corrected chi connectivity index (χ1v) is 26.1. The highest BCUT2D eigenvalue weighted by Gasteiger charge is 2.63. The van der Waals surface area contributed by atoms with E-state index in [1.54, 1.807) is 28.1 Å². The van der Waals surface area contributed by atoms with Crippen LogP contribution in [0.3, 0.4) is 0 Å². The smallest absolute Gasteiger partial charge is 0.333 e. The van der Waals surface area contributed by atoms with Crippen LogP contribution >= 0.6 is 0 Å². The van der Waals surface area contributed by atoms with Crippen molar-refractivity contribution in [1.29, 1.82) is 0 Å². The zero-order chi connectivity index (χ0) is 50.9. The Morgan fingerprint density at radius 3 is 2.42 bits per heavy atom. The predicted molar refractivity (Wildman–Crippen MR) is 291 cm³/mol. The maximum atomic E-state index is 11.9. The minimum absolute atomic E-state index is 0. The summed E-state index contributed by atoms with van der Waals surface area (Å²) in [6, 6.07) is 32.6. The lowest BCUT2D eigenvalue weighted by atomic mass is 9.73. The van der Waals surface area contributed by atoms with Gasteiger partial charge in [0, 0.05) is 96.7 Å². The number of hydrogen-bond acceptors (Lipinski definition) is 11. The minimum atomic E-state index is -1.61. The number of carbonyl (C=O) groups is 1. The number of fused-ring (bicyclic) bond motifs is 9. The number of anilines is 2. The molecule has 73 heavy (non-hydrogen) atoms. The van der Waals surface area contributed by atoms with E-state index in [1.165, 1.54) is 33.5 Å². The fraction of sp³-hybridized carbons (Fsp3) is 0.403. The van der Waals surface area contributed by atoms with Crippen LogP contribution < -0.4 is 29.3 Å². The molecule has 6 aliphatic rings. The normalized spacial score (nSPS) is 25.2. The van der Waals surface area contributed by atoms with E-state index < -0.39 is 17.5 Å². The van der Waals surface area contributed by atoms with Crippen molar-refractivity contribution in [1.82, 2.24) is 5.32 Å². The Bertz CT molecular complexity index is 3070. The van der Waals surface area contributed by atoms with E-state index in [1.807, 2.05) is 0 Å². The van der Waals surface area contributed by atoms with Gasteiger partial charge >= 0.3 is 5.97 Å². The lowest BCUT2D eigenvalue weighted by Crippen LogP contribution is -2.48. The summed E-state index contributed by atoms with van der Waals surface area (Å²) in [5.74, 6) is 0.900. The summed E-state index contributed by atoms with van der Waals surface area (Å²) in [5, 5.41) is 16.3. The third kappa shape index (κ3) is 8.52. The van der Waals surface area contributed by atoms with Gasteiger partial charge in [-0.2, -0.15) is 0 Å². The summed E-state index contributed by atoms with van der Waals surface area (Å²) in [4.78, 5) is 16.7. The number of morpholine rings is 1. The molecule has 5 aromatic rings. The Morgan fingerprint density at radius 1 is 0.918 bits per heavy atom. The number of aliphatic hydroxyl groups is 1. The SMILES string of the molecule is C=C(C)C(=O)OCCNC(C)(O)OCC1CCCN(c2cc3c4c(c5c(c3cc2OC)OC(c2ccccc2)(c2ccc(N3CCOC(C)C3)cc2)C=C5)C(C)(C)C2=C4C=CC3(c4ccccc4OC)CC23)C1.[HH]. The molecule has 0 spiro atoms. The van der Waals surface area contributed by atoms with Gasteiger partial charge in [-0.05, 0) is 103 Å². The lowest BCUT2D eigenvalue weighted by Gasteiger charge is -2.39. The maximum Gasteiger partial charge on any atom is 0.333 e. The Labute approximate surface area is 431 Å². The van der Waals surface area contributed by atoms with E-state index in [2.05, 4.69) is 158 Å². The van der Waals surface area contributed by atoms with Gasteiger partial charge in [0.1, 0.15) is 23.9 Å². The van der Waals surface area contributed by atoms with Crippen molar-refractivity contribution in [2.75, 3.05) is 76.6 Å². The van der Waals surface area contributed by atoms with Crippen LogP contribution in [0.5, 0.6) is 17.2 Å². The number of allylic oxidation sites excluding steroid dienone is 4. The molecule has 2 saturated heterocycles. The first-order valence-electron chi connectivity index (χ1n) is 26.1. The first-order chi connectivity index (χ1) is 35.2. The molecule has 11 heteroatoms. The number of nitrogens with one attached hydrogen (secondary N) is 1. The van der Waals surface area contributed by atoms with Crippen molar-refractivity contribution >= 4 is 39.8 Å². The van der Waals surface area contributed by atoms with Crippen LogP contribution in [-0.2, 0) is 35.4 Å². The molecule has 11 nitrogen and oxygen atoms in total. The monoisotopic (exact) mass is 986 g/mol. The van der Waals surface area contributed by atoms with Crippen LogP contribution in [-0.4, -0.2) is 89.9 Å². The van der Waals surface area contributed by atoms with Crippen molar-refractivity contribution in [2.45, 2.75) is 82.3 Å². The van der Waals surface area contributed by atoms with Gasteiger partial charge in [-0.25, -0.2) is 4.79 Å². The molecule has 3 heterocycles. The molecule has 6 unspecified atom stereocenters. The summed E-state index contributed by atoms with van der Waals surface area (Å²) in [6.45, 7) is 18.4. The topological polar surface area (TPSA) is 111 Å². The zero-order valence-electron chi connectivity index (χ0n) is 43.4. The van der Waals surface area contributed by atoms with Gasteiger partial charge in [0.2, 0.25) is 5.91 Å². The largest absolute Gasteiger partial charge is 0.496 e. The van der Waals surface area contributed by atoms with E-state index in [0.29, 0.717) is 31.2 Å². The number of hydrogen-bond donors (Lipinski definition) is 2. The summed E-state index contributed by atoms with van der Waals surface area (Å²) in [7, 11) is 3.54. The maximum absolute atomic E-state index is 11.9. The fourth-order valence-electron chi connectivity index (χ4n) is 12.8. The van der Waals surface area contributed by atoms with Crippen LogP contribution in [0, 0.1) is 11.8 Å². The summed E-state index contributed by atoms with van der Waals surface area (Å²) in [5.41, 5.74) is 10.8. The quantitative estimate of drug-likeness (QED) is 0.0453. The van der Waals surface area contributed by atoms with Gasteiger partial charge in [-0.1, -0.05) is 99.3 Å². The first kappa shape index (κ1) is 48.9. The Balaban J connectivity index is 0.00000626. The Morgan fingerprint density at radius 2 is 1.67 bits per heavy atom. The second-order valence-corrected chi connectivity index (χ2v) is 21.6. The van der Waals surface area contributed by atoms with Crippen molar-refractivity contribution < 1.29 is 39.7 Å². The van der Waals surface area contributed by atoms with E-state index in [9.17, 15) is 9.90 Å². The van der Waals surface area contributed by atoms with Crippen molar-refractivity contribution in [3.8, 4) is 17.2 Å². The Hall–Kier alpha value is -6.37. The minimum Gasteiger partial charge on any atom is -0.496 e. The molecule has 5 aromatic carbocycles. The van der Waals surface area contributed by atoms with Crippen LogP contribution in [0.2, 0.25) is 0 Å². The van der Waals surface area contributed by atoms with Crippen molar-refractivity contribution in [3.05, 3.63) is 160 Å². The zero-order valence-corrected chi connectivity index (χ0v) is 43.4.